The first kappa shape index (κ1) is 35.5. The van der Waals surface area contributed by atoms with E-state index in [1.807, 2.05) is 22.7 Å². The smallest absolute Gasteiger partial charge is 0.0448 e. The van der Waals surface area contributed by atoms with Crippen LogP contribution in [0.5, 0.6) is 0 Å². The summed E-state index contributed by atoms with van der Waals surface area (Å²) in [6.07, 6.45) is 0. The summed E-state index contributed by atoms with van der Waals surface area (Å²) >= 11 is 3.87. The third-order valence-electron chi connectivity index (χ3n) is 14.3. The molecule has 294 valence electrons. The van der Waals surface area contributed by atoms with Gasteiger partial charge in [-0.15, -0.1) is 22.7 Å². The van der Waals surface area contributed by atoms with E-state index in [2.05, 4.69) is 208 Å². The molecular formula is C61H38S2. The first-order valence-electron chi connectivity index (χ1n) is 21.9. The standard InChI is InChI=1S/C61H38S2/c1-61(2)52-30-25-37(38-23-27-43-49-29-31-54-58(60(49)63-55(43)34-38)50-28-22-36-13-4-6-16-41(36)59(50)62-54)32-51(52)42-26-24-39(33-53(42)61)56-45-17-7-9-19-47(45)57(48-20-10-8-18-46(48)56)44-21-11-14-35-12-3-5-15-40(35)44/h3-34H,1-2H3. The van der Waals surface area contributed by atoms with E-state index in [9.17, 15) is 0 Å². The zero-order valence-electron chi connectivity index (χ0n) is 34.8. The Kier molecular flexibility index (Phi) is 7.31. The number of hydrogen-bond acceptors (Lipinski definition) is 2. The van der Waals surface area contributed by atoms with Gasteiger partial charge in [0.25, 0.3) is 0 Å². The highest BCUT2D eigenvalue weighted by molar-refractivity contribution is 7.30. The van der Waals surface area contributed by atoms with Gasteiger partial charge in [0.2, 0.25) is 0 Å². The highest BCUT2D eigenvalue weighted by atomic mass is 32.1. The largest absolute Gasteiger partial charge is 0.134 e. The summed E-state index contributed by atoms with van der Waals surface area (Å²) in [5.74, 6) is 0. The third-order valence-corrected chi connectivity index (χ3v) is 16.6. The minimum atomic E-state index is -0.150. The fourth-order valence-corrected chi connectivity index (χ4v) is 13.9. The van der Waals surface area contributed by atoms with Crippen molar-refractivity contribution < 1.29 is 0 Å². The van der Waals surface area contributed by atoms with Crippen molar-refractivity contribution in [1.29, 1.82) is 0 Å². The lowest BCUT2D eigenvalue weighted by molar-refractivity contribution is 0.660. The van der Waals surface area contributed by atoms with Gasteiger partial charge in [-0.2, -0.15) is 0 Å². The SMILES string of the molecule is CC1(C)c2ccc(-c3ccc4c(c3)sc3c4ccc4sc5c6ccccc6ccc5c43)cc2-c2ccc(-c3c4ccccc4c(-c4cccc5ccccc45)c4ccccc34)cc21. The maximum atomic E-state index is 2.50. The molecule has 0 atom stereocenters. The van der Waals surface area contributed by atoms with Crippen LogP contribution in [0.1, 0.15) is 25.0 Å². The number of hydrogen-bond donors (Lipinski definition) is 0. The van der Waals surface area contributed by atoms with Crippen molar-refractivity contribution in [3.05, 3.63) is 205 Å². The van der Waals surface area contributed by atoms with Gasteiger partial charge < -0.3 is 0 Å². The first-order chi connectivity index (χ1) is 31.0. The Morgan fingerprint density at radius 2 is 0.905 bits per heavy atom. The lowest BCUT2D eigenvalue weighted by Gasteiger charge is -2.23. The summed E-state index contributed by atoms with van der Waals surface area (Å²) < 4.78 is 5.49. The van der Waals surface area contributed by atoms with E-state index < -0.39 is 0 Å². The molecule has 0 radical (unpaired) electrons. The van der Waals surface area contributed by atoms with Crippen LogP contribution in [0.25, 0.3) is 128 Å². The minimum Gasteiger partial charge on any atom is -0.134 e. The molecule has 63 heavy (non-hydrogen) atoms. The fourth-order valence-electron chi connectivity index (χ4n) is 11.3. The molecule has 13 aromatic rings. The lowest BCUT2D eigenvalue weighted by Crippen LogP contribution is -2.15. The van der Waals surface area contributed by atoms with Crippen molar-refractivity contribution in [1.82, 2.24) is 0 Å². The molecule has 0 aliphatic heterocycles. The van der Waals surface area contributed by atoms with Crippen LogP contribution in [0.15, 0.2) is 194 Å². The van der Waals surface area contributed by atoms with E-state index in [0.29, 0.717) is 0 Å². The molecule has 2 heteroatoms. The van der Waals surface area contributed by atoms with Gasteiger partial charge in [0, 0.05) is 45.8 Å². The molecule has 11 aromatic carbocycles. The van der Waals surface area contributed by atoms with Crippen LogP contribution in [0.2, 0.25) is 0 Å². The van der Waals surface area contributed by atoms with E-state index in [1.165, 1.54) is 139 Å². The maximum Gasteiger partial charge on any atom is 0.0448 e. The molecule has 0 bridgehead atoms. The predicted octanol–water partition coefficient (Wildman–Crippen LogP) is 18.3. The Hall–Kier alpha value is -7.10. The molecule has 0 spiro atoms. The first-order valence-corrected chi connectivity index (χ1v) is 23.5. The van der Waals surface area contributed by atoms with Crippen LogP contribution in [-0.4, -0.2) is 0 Å². The van der Waals surface area contributed by atoms with Gasteiger partial charge in [0.05, 0.1) is 0 Å². The van der Waals surface area contributed by atoms with Gasteiger partial charge in [-0.05, 0) is 123 Å². The minimum absolute atomic E-state index is 0.150. The molecule has 0 nitrogen and oxygen atoms in total. The Balaban J connectivity index is 0.902. The van der Waals surface area contributed by atoms with E-state index in [4.69, 9.17) is 0 Å². The van der Waals surface area contributed by atoms with Crippen molar-refractivity contribution >= 4 is 106 Å². The molecule has 0 amide bonds. The summed E-state index contributed by atoms with van der Waals surface area (Å²) in [7, 11) is 0. The second kappa shape index (κ2) is 13.0. The molecule has 0 saturated heterocycles. The molecule has 14 rings (SSSR count). The van der Waals surface area contributed by atoms with E-state index in [0.717, 1.165) is 0 Å². The van der Waals surface area contributed by atoms with Crippen LogP contribution in [0.3, 0.4) is 0 Å². The van der Waals surface area contributed by atoms with E-state index in [-0.39, 0.29) is 5.41 Å². The third kappa shape index (κ3) is 4.97. The van der Waals surface area contributed by atoms with Crippen LogP contribution >= 0.6 is 22.7 Å². The highest BCUT2D eigenvalue weighted by Gasteiger charge is 2.36. The summed E-state index contributed by atoms with van der Waals surface area (Å²) in [5.41, 5.74) is 13.0. The topological polar surface area (TPSA) is 0 Å². The molecule has 2 aromatic heterocycles. The zero-order chi connectivity index (χ0) is 41.6. The second-order valence-corrected chi connectivity index (χ2v) is 20.0. The number of fused-ring (bicyclic) bond motifs is 15. The molecule has 0 saturated carbocycles. The Labute approximate surface area is 372 Å². The average Bonchev–Trinajstić information content (AvgIpc) is 3.97. The van der Waals surface area contributed by atoms with Gasteiger partial charge in [-0.1, -0.05) is 184 Å². The predicted molar refractivity (Wildman–Crippen MR) is 276 cm³/mol. The van der Waals surface area contributed by atoms with Crippen molar-refractivity contribution in [3.63, 3.8) is 0 Å². The molecule has 2 heterocycles. The quantitative estimate of drug-likeness (QED) is 0.156. The molecule has 0 N–H and O–H groups in total. The van der Waals surface area contributed by atoms with Crippen molar-refractivity contribution in [2.75, 3.05) is 0 Å². The van der Waals surface area contributed by atoms with Crippen LogP contribution in [0, 0.1) is 0 Å². The fraction of sp³-hybridized carbons (Fsp3) is 0.0492. The van der Waals surface area contributed by atoms with Crippen LogP contribution < -0.4 is 0 Å². The van der Waals surface area contributed by atoms with Crippen LogP contribution in [0.4, 0.5) is 0 Å². The second-order valence-electron chi connectivity index (χ2n) is 17.9. The van der Waals surface area contributed by atoms with E-state index in [1.54, 1.807) is 0 Å². The summed E-state index contributed by atoms with van der Waals surface area (Å²) in [6.45, 7) is 4.81. The van der Waals surface area contributed by atoms with Gasteiger partial charge in [0.15, 0.2) is 0 Å². The normalized spacial score (nSPS) is 13.4. The number of benzene rings is 11. The Morgan fingerprint density at radius 1 is 0.317 bits per heavy atom. The Morgan fingerprint density at radius 3 is 1.68 bits per heavy atom. The zero-order valence-corrected chi connectivity index (χ0v) is 36.4. The maximum absolute atomic E-state index is 2.50. The summed E-state index contributed by atoms with van der Waals surface area (Å²) in [6, 6.07) is 73.3. The summed E-state index contributed by atoms with van der Waals surface area (Å²) in [4.78, 5) is 0. The molecule has 0 fully saturated rings. The number of thiophene rings is 2. The van der Waals surface area contributed by atoms with Crippen molar-refractivity contribution in [3.8, 4) is 44.5 Å². The molecule has 0 unspecified atom stereocenters. The lowest BCUT2D eigenvalue weighted by atomic mass is 9.80. The van der Waals surface area contributed by atoms with E-state index >= 15 is 0 Å². The highest BCUT2D eigenvalue weighted by Crippen LogP contribution is 2.53. The Bertz CT molecular complexity index is 4060. The molecular weight excluding hydrogens is 797 g/mol. The van der Waals surface area contributed by atoms with Gasteiger partial charge in [-0.3, -0.25) is 0 Å². The number of rotatable bonds is 3. The average molecular weight is 835 g/mol. The van der Waals surface area contributed by atoms with Gasteiger partial charge in [0.1, 0.15) is 0 Å². The molecule has 1 aliphatic carbocycles. The monoisotopic (exact) mass is 834 g/mol. The summed E-state index contributed by atoms with van der Waals surface area (Å²) in [5, 5.41) is 15.8. The van der Waals surface area contributed by atoms with Crippen molar-refractivity contribution in [2.24, 2.45) is 0 Å². The molecule has 1 aliphatic rings. The van der Waals surface area contributed by atoms with Crippen LogP contribution in [-0.2, 0) is 5.41 Å². The van der Waals surface area contributed by atoms with Gasteiger partial charge in [-0.25, -0.2) is 0 Å². The van der Waals surface area contributed by atoms with Crippen molar-refractivity contribution in [2.45, 2.75) is 19.3 Å². The van der Waals surface area contributed by atoms with Gasteiger partial charge >= 0.3 is 0 Å².